The maximum Gasteiger partial charge on any atom is 0.227 e. The number of carbonyl (C=O) groups is 1. The third-order valence-corrected chi connectivity index (χ3v) is 5.82. The third-order valence-electron chi connectivity index (χ3n) is 4.76. The van der Waals surface area contributed by atoms with Crippen molar-refractivity contribution in [2.45, 2.75) is 38.9 Å². The fourth-order valence-corrected chi connectivity index (χ4v) is 4.26. The summed E-state index contributed by atoms with van der Waals surface area (Å²) < 4.78 is 43.5. The smallest absolute Gasteiger partial charge is 0.227 e. The summed E-state index contributed by atoms with van der Waals surface area (Å²) in [6.45, 7) is 5.74. The van der Waals surface area contributed by atoms with E-state index in [1.165, 1.54) is 17.0 Å². The molecule has 2 aromatic carbocycles. The molecule has 1 aliphatic rings. The molecule has 2 aromatic rings. The normalized spacial score (nSPS) is 17.6. The van der Waals surface area contributed by atoms with Crippen LogP contribution in [0.5, 0.6) is 0 Å². The van der Waals surface area contributed by atoms with E-state index in [0.29, 0.717) is 35.5 Å². The number of halogens is 2. The first-order valence-corrected chi connectivity index (χ1v) is 10.2. The predicted octanol–water partition coefficient (Wildman–Crippen LogP) is 4.41. The van der Waals surface area contributed by atoms with Gasteiger partial charge in [-0.05, 0) is 48.6 Å². The Morgan fingerprint density at radius 1 is 1.22 bits per heavy atom. The summed E-state index contributed by atoms with van der Waals surface area (Å²) in [5, 5.41) is 0. The largest absolute Gasteiger partial charge is 0.310 e. The van der Waals surface area contributed by atoms with Gasteiger partial charge < -0.3 is 9.62 Å². The molecule has 1 amide bonds. The molecule has 1 N–H and O–H groups in total. The molecule has 3 rings (SSSR count). The summed E-state index contributed by atoms with van der Waals surface area (Å²) in [4.78, 5) is 13.6. The van der Waals surface area contributed by atoms with Crippen molar-refractivity contribution in [3.8, 4) is 0 Å². The van der Waals surface area contributed by atoms with Crippen LogP contribution in [0.2, 0.25) is 0 Å². The number of anilines is 2. The number of carbonyl (C=O) groups excluding carboxylic acids is 1. The second-order valence-corrected chi connectivity index (χ2v) is 8.00. The maximum atomic E-state index is 14.7. The molecule has 4 nitrogen and oxygen atoms in total. The van der Waals surface area contributed by atoms with Gasteiger partial charge in [0.25, 0.3) is 0 Å². The standard InChI is InChI=1S/C20H22F2N2O2S/c1-4-24-19(25)7-13(3)16-9-15(10-18(22)20(16)24)23-27(26)11-14-6-5-12(2)17(21)8-14/h5-6,8-10,13,23H,4,7,11H2,1-3H3. The van der Waals surface area contributed by atoms with Gasteiger partial charge in [0.05, 0.1) is 11.4 Å². The van der Waals surface area contributed by atoms with Crippen LogP contribution in [0, 0.1) is 18.6 Å². The molecule has 0 bridgehead atoms. The van der Waals surface area contributed by atoms with Crippen LogP contribution in [-0.4, -0.2) is 16.7 Å². The average Bonchev–Trinajstić information content (AvgIpc) is 2.59. The molecule has 2 atom stereocenters. The third kappa shape index (κ3) is 4.03. The number of hydrogen-bond donors (Lipinski definition) is 1. The number of rotatable bonds is 5. The zero-order valence-corrected chi connectivity index (χ0v) is 16.3. The fourth-order valence-electron chi connectivity index (χ4n) is 3.33. The first-order valence-electron chi connectivity index (χ1n) is 8.84. The Morgan fingerprint density at radius 3 is 2.63 bits per heavy atom. The minimum atomic E-state index is -1.54. The Bertz CT molecular complexity index is 917. The lowest BCUT2D eigenvalue weighted by molar-refractivity contribution is -0.119. The highest BCUT2D eigenvalue weighted by Gasteiger charge is 2.31. The van der Waals surface area contributed by atoms with Gasteiger partial charge in [-0.1, -0.05) is 19.1 Å². The highest BCUT2D eigenvalue weighted by atomic mass is 32.2. The van der Waals surface area contributed by atoms with Crippen molar-refractivity contribution in [3.05, 3.63) is 58.7 Å². The van der Waals surface area contributed by atoms with E-state index in [9.17, 15) is 17.8 Å². The molecule has 0 spiro atoms. The Kier molecular flexibility index (Phi) is 5.60. The Hall–Kier alpha value is -2.28. The lowest BCUT2D eigenvalue weighted by Gasteiger charge is -2.32. The molecule has 0 aromatic heterocycles. The number of nitrogens with one attached hydrogen (secondary N) is 1. The molecule has 2 unspecified atom stereocenters. The van der Waals surface area contributed by atoms with Crippen LogP contribution in [0.3, 0.4) is 0 Å². The second kappa shape index (κ2) is 7.76. The summed E-state index contributed by atoms with van der Waals surface area (Å²) in [7, 11) is -1.54. The van der Waals surface area contributed by atoms with E-state index in [1.807, 2.05) is 6.92 Å². The van der Waals surface area contributed by atoms with Crippen LogP contribution in [0.15, 0.2) is 30.3 Å². The van der Waals surface area contributed by atoms with Gasteiger partial charge >= 0.3 is 0 Å². The van der Waals surface area contributed by atoms with E-state index >= 15 is 0 Å². The zero-order valence-electron chi connectivity index (χ0n) is 15.5. The van der Waals surface area contributed by atoms with Crippen LogP contribution >= 0.6 is 0 Å². The number of aryl methyl sites for hydroxylation is 1. The topological polar surface area (TPSA) is 49.4 Å². The maximum absolute atomic E-state index is 14.7. The lowest BCUT2D eigenvalue weighted by Crippen LogP contribution is -2.36. The highest BCUT2D eigenvalue weighted by Crippen LogP contribution is 2.39. The van der Waals surface area contributed by atoms with Crippen molar-refractivity contribution in [2.24, 2.45) is 0 Å². The van der Waals surface area contributed by atoms with Gasteiger partial charge in [-0.3, -0.25) is 4.79 Å². The molecular weight excluding hydrogens is 370 g/mol. The molecule has 0 saturated heterocycles. The molecular formula is C20H22F2N2O2S. The number of fused-ring (bicyclic) bond motifs is 1. The molecule has 144 valence electrons. The SMILES string of the molecule is CCN1C(=O)CC(C)c2cc(NS(=O)Cc3ccc(C)c(F)c3)cc(F)c21. The fraction of sp³-hybridized carbons (Fsp3) is 0.350. The molecule has 1 aliphatic heterocycles. The van der Waals surface area contributed by atoms with Crippen molar-refractivity contribution >= 4 is 28.3 Å². The Morgan fingerprint density at radius 2 is 1.96 bits per heavy atom. The van der Waals surface area contributed by atoms with Gasteiger partial charge in [-0.25, -0.2) is 13.0 Å². The monoisotopic (exact) mass is 392 g/mol. The molecule has 0 saturated carbocycles. The van der Waals surface area contributed by atoms with E-state index in [1.54, 1.807) is 32.0 Å². The van der Waals surface area contributed by atoms with E-state index in [4.69, 9.17) is 0 Å². The summed E-state index contributed by atoms with van der Waals surface area (Å²) >= 11 is 0. The predicted molar refractivity (Wildman–Crippen MR) is 104 cm³/mol. The first kappa shape index (κ1) is 19.5. The van der Waals surface area contributed by atoms with Gasteiger partial charge in [0.2, 0.25) is 5.91 Å². The van der Waals surface area contributed by atoms with Gasteiger partial charge in [0.1, 0.15) is 22.6 Å². The van der Waals surface area contributed by atoms with Crippen molar-refractivity contribution in [3.63, 3.8) is 0 Å². The molecule has 0 fully saturated rings. The first-order chi connectivity index (χ1) is 12.8. The van der Waals surface area contributed by atoms with Gasteiger partial charge in [-0.2, -0.15) is 0 Å². The van der Waals surface area contributed by atoms with Crippen molar-refractivity contribution in [1.29, 1.82) is 0 Å². The van der Waals surface area contributed by atoms with Crippen molar-refractivity contribution < 1.29 is 17.8 Å². The van der Waals surface area contributed by atoms with Crippen LogP contribution < -0.4 is 9.62 Å². The Labute approximate surface area is 160 Å². The minimum Gasteiger partial charge on any atom is -0.310 e. The molecule has 0 radical (unpaired) electrons. The molecule has 27 heavy (non-hydrogen) atoms. The van der Waals surface area contributed by atoms with Crippen LogP contribution in [0.4, 0.5) is 20.2 Å². The molecule has 7 heteroatoms. The van der Waals surface area contributed by atoms with Gasteiger partial charge in [-0.15, -0.1) is 0 Å². The van der Waals surface area contributed by atoms with E-state index in [0.717, 1.165) is 5.56 Å². The number of benzene rings is 2. The Balaban J connectivity index is 1.82. The van der Waals surface area contributed by atoms with Crippen LogP contribution in [0.25, 0.3) is 0 Å². The summed E-state index contributed by atoms with van der Waals surface area (Å²) in [5.41, 5.74) is 2.53. The number of amides is 1. The zero-order chi connectivity index (χ0) is 19.7. The van der Waals surface area contributed by atoms with Crippen molar-refractivity contribution in [1.82, 2.24) is 0 Å². The number of hydrogen-bond acceptors (Lipinski definition) is 2. The summed E-state index contributed by atoms with van der Waals surface area (Å²) in [6, 6.07) is 7.71. The average molecular weight is 392 g/mol. The number of nitrogens with zero attached hydrogens (tertiary/aromatic N) is 1. The van der Waals surface area contributed by atoms with E-state index in [2.05, 4.69) is 4.72 Å². The second-order valence-electron chi connectivity index (χ2n) is 6.81. The van der Waals surface area contributed by atoms with Crippen LogP contribution in [-0.2, 0) is 21.5 Å². The summed E-state index contributed by atoms with van der Waals surface area (Å²) in [5.74, 6) is -0.976. The molecule has 0 aliphatic carbocycles. The summed E-state index contributed by atoms with van der Waals surface area (Å²) in [6.07, 6.45) is 0.315. The van der Waals surface area contributed by atoms with Crippen LogP contribution in [0.1, 0.15) is 42.9 Å². The molecule has 1 heterocycles. The van der Waals surface area contributed by atoms with Crippen molar-refractivity contribution in [2.75, 3.05) is 16.2 Å². The van der Waals surface area contributed by atoms with E-state index in [-0.39, 0.29) is 23.4 Å². The van der Waals surface area contributed by atoms with Gasteiger partial charge in [0, 0.05) is 24.7 Å². The van der Waals surface area contributed by atoms with Gasteiger partial charge in [0.15, 0.2) is 0 Å². The highest BCUT2D eigenvalue weighted by molar-refractivity contribution is 7.85. The quantitative estimate of drug-likeness (QED) is 0.819. The lowest BCUT2D eigenvalue weighted by atomic mass is 9.90. The van der Waals surface area contributed by atoms with E-state index < -0.39 is 16.8 Å². The minimum absolute atomic E-state index is 0.0953.